The molecule has 116 valence electrons. The predicted octanol–water partition coefficient (Wildman–Crippen LogP) is 0.444. The summed E-state index contributed by atoms with van der Waals surface area (Å²) >= 11 is 0. The fourth-order valence-corrected chi connectivity index (χ4v) is 2.19. The van der Waals surface area contributed by atoms with E-state index < -0.39 is 33.8 Å². The number of nitrogens with one attached hydrogen (secondary N) is 1. The Morgan fingerprint density at radius 1 is 1.45 bits per heavy atom. The normalized spacial score (nSPS) is 13.1. The second-order valence-electron chi connectivity index (χ2n) is 3.90. The minimum absolute atomic E-state index is 0.124. The summed E-state index contributed by atoms with van der Waals surface area (Å²) in [4.78, 5) is -0.416. The van der Waals surface area contributed by atoms with Crippen LogP contribution in [0.1, 0.15) is 6.42 Å². The van der Waals surface area contributed by atoms with Crippen molar-refractivity contribution in [1.82, 2.24) is 14.5 Å². The number of rotatable bonds is 8. The van der Waals surface area contributed by atoms with Crippen molar-refractivity contribution in [2.24, 2.45) is 0 Å². The molecule has 0 fully saturated rings. The molecule has 0 saturated heterocycles. The maximum atomic E-state index is 12.6. The van der Waals surface area contributed by atoms with E-state index in [1.807, 2.05) is 0 Å². The van der Waals surface area contributed by atoms with E-state index in [2.05, 4.69) is 5.10 Å². The van der Waals surface area contributed by atoms with Crippen molar-refractivity contribution in [1.29, 1.82) is 0 Å². The number of sulfonamides is 1. The fraction of sp³-hybridized carbons (Fsp3) is 0.667. The van der Waals surface area contributed by atoms with Gasteiger partial charge in [0.25, 0.3) is 0 Å². The Kier molecular flexibility index (Phi) is 5.48. The summed E-state index contributed by atoms with van der Waals surface area (Å²) in [5.74, 6) is -4.44. The number of aryl methyl sites for hydroxylation is 1. The van der Waals surface area contributed by atoms with Crippen LogP contribution < -0.4 is 4.72 Å². The van der Waals surface area contributed by atoms with Crippen LogP contribution in [0.3, 0.4) is 0 Å². The molecule has 0 radical (unpaired) electrons. The molecule has 2 N–H and O–H groups in total. The molecule has 1 aromatic rings. The quantitative estimate of drug-likeness (QED) is 0.681. The van der Waals surface area contributed by atoms with E-state index in [9.17, 15) is 26.0 Å². The van der Waals surface area contributed by atoms with Crippen LogP contribution >= 0.6 is 0 Å². The van der Waals surface area contributed by atoms with Gasteiger partial charge < -0.3 is 5.11 Å². The first-order chi connectivity index (χ1) is 9.19. The summed E-state index contributed by atoms with van der Waals surface area (Å²) in [5, 5.41) is 12.2. The van der Waals surface area contributed by atoms with Crippen molar-refractivity contribution in [2.75, 3.05) is 13.2 Å². The molecule has 0 aliphatic heterocycles. The molecule has 0 atom stereocenters. The molecule has 0 aliphatic carbocycles. The minimum atomic E-state index is -4.44. The smallest absolute Gasteiger partial charge is 0.320 e. The van der Waals surface area contributed by atoms with Crippen molar-refractivity contribution in [3.8, 4) is 0 Å². The molecule has 1 heterocycles. The van der Waals surface area contributed by atoms with Gasteiger partial charge in [0, 0.05) is 19.3 Å². The van der Waals surface area contributed by atoms with Gasteiger partial charge in [0.15, 0.2) is 0 Å². The van der Waals surface area contributed by atoms with Gasteiger partial charge in [-0.25, -0.2) is 21.9 Å². The van der Waals surface area contributed by atoms with Gasteiger partial charge in [-0.15, -0.1) is 0 Å². The monoisotopic (exact) mass is 319 g/mol. The molecular formula is C9H13F4N3O3S. The Bertz CT molecular complexity index is 532. The van der Waals surface area contributed by atoms with Crippen LogP contribution in [0.2, 0.25) is 0 Å². The van der Waals surface area contributed by atoms with E-state index in [-0.39, 0.29) is 13.2 Å². The van der Waals surface area contributed by atoms with E-state index >= 15 is 0 Å². The third kappa shape index (κ3) is 4.42. The highest BCUT2D eigenvalue weighted by atomic mass is 32.2. The summed E-state index contributed by atoms with van der Waals surface area (Å²) in [5.41, 5.74) is 0. The van der Waals surface area contributed by atoms with Crippen molar-refractivity contribution in [3.05, 3.63) is 12.4 Å². The highest BCUT2D eigenvalue weighted by Gasteiger charge is 2.41. The third-order valence-corrected chi connectivity index (χ3v) is 3.64. The van der Waals surface area contributed by atoms with Crippen LogP contribution in [0.4, 0.5) is 17.6 Å². The summed E-state index contributed by atoms with van der Waals surface area (Å²) in [7, 11) is -4.34. The molecule has 0 aliphatic rings. The lowest BCUT2D eigenvalue weighted by Gasteiger charge is -2.15. The Morgan fingerprint density at radius 3 is 2.65 bits per heavy atom. The zero-order chi connectivity index (χ0) is 15.4. The van der Waals surface area contributed by atoms with Crippen LogP contribution in [-0.4, -0.2) is 48.8 Å². The largest absolute Gasteiger partial charge is 0.396 e. The SMILES string of the molecule is O=S(=O)(NCC(F)(F)C(F)F)c1cnn(CCCO)c1. The number of nitrogens with zero attached hydrogens (tertiary/aromatic N) is 2. The zero-order valence-corrected chi connectivity index (χ0v) is 11.0. The lowest BCUT2D eigenvalue weighted by molar-refractivity contribution is -0.122. The lowest BCUT2D eigenvalue weighted by atomic mass is 10.4. The molecule has 0 aromatic carbocycles. The molecule has 0 amide bonds. The molecule has 0 bridgehead atoms. The molecular weight excluding hydrogens is 306 g/mol. The van der Waals surface area contributed by atoms with Crippen molar-refractivity contribution in [2.45, 2.75) is 30.2 Å². The number of alkyl halides is 4. The number of aromatic nitrogens is 2. The Balaban J connectivity index is 2.72. The van der Waals surface area contributed by atoms with Crippen LogP contribution in [0.15, 0.2) is 17.3 Å². The average Bonchev–Trinajstić information content (AvgIpc) is 2.83. The first kappa shape index (κ1) is 16.9. The number of hydrogen-bond donors (Lipinski definition) is 2. The van der Waals surface area contributed by atoms with E-state index in [4.69, 9.17) is 5.11 Å². The van der Waals surface area contributed by atoms with Gasteiger partial charge in [0.05, 0.1) is 12.7 Å². The molecule has 1 rings (SSSR count). The number of aliphatic hydroxyl groups excluding tert-OH is 1. The van der Waals surface area contributed by atoms with E-state index in [0.29, 0.717) is 6.42 Å². The molecule has 0 saturated carbocycles. The maximum absolute atomic E-state index is 12.6. The maximum Gasteiger partial charge on any atom is 0.320 e. The second kappa shape index (κ2) is 6.50. The van der Waals surface area contributed by atoms with Gasteiger partial charge in [0.1, 0.15) is 4.90 Å². The first-order valence-electron chi connectivity index (χ1n) is 5.48. The van der Waals surface area contributed by atoms with Gasteiger partial charge in [-0.2, -0.15) is 13.9 Å². The first-order valence-corrected chi connectivity index (χ1v) is 6.96. The lowest BCUT2D eigenvalue weighted by Crippen LogP contribution is -2.41. The van der Waals surface area contributed by atoms with Gasteiger partial charge >= 0.3 is 12.3 Å². The molecule has 20 heavy (non-hydrogen) atoms. The second-order valence-corrected chi connectivity index (χ2v) is 5.67. The topological polar surface area (TPSA) is 84.2 Å². The van der Waals surface area contributed by atoms with Crippen molar-refractivity contribution < 1.29 is 31.1 Å². The van der Waals surface area contributed by atoms with Crippen LogP contribution in [0.25, 0.3) is 0 Å². The summed E-state index contributed by atoms with van der Waals surface area (Å²) in [6.45, 7) is -1.59. The summed E-state index contributed by atoms with van der Waals surface area (Å²) in [6.07, 6.45) is -1.67. The van der Waals surface area contributed by atoms with E-state index in [1.54, 1.807) is 0 Å². The average molecular weight is 319 g/mol. The van der Waals surface area contributed by atoms with Crippen LogP contribution in [0, 0.1) is 0 Å². The van der Waals surface area contributed by atoms with Crippen LogP contribution in [0.5, 0.6) is 0 Å². The molecule has 0 spiro atoms. The summed E-state index contributed by atoms with van der Waals surface area (Å²) in [6, 6.07) is 0. The highest BCUT2D eigenvalue weighted by Crippen LogP contribution is 2.22. The predicted molar refractivity (Wildman–Crippen MR) is 60.1 cm³/mol. The molecule has 6 nitrogen and oxygen atoms in total. The Hall–Kier alpha value is -1.20. The van der Waals surface area contributed by atoms with Gasteiger partial charge in [0.2, 0.25) is 10.0 Å². The number of hydrogen-bond acceptors (Lipinski definition) is 4. The standard InChI is InChI=1S/C9H13F4N3O3S/c10-8(11)9(12,13)6-15-20(18,19)7-4-14-16(5-7)2-1-3-17/h4-5,8,15,17H,1-3,6H2. The van der Waals surface area contributed by atoms with Crippen LogP contribution in [-0.2, 0) is 16.6 Å². The minimum Gasteiger partial charge on any atom is -0.396 e. The third-order valence-electron chi connectivity index (χ3n) is 2.28. The zero-order valence-electron chi connectivity index (χ0n) is 10.1. The van der Waals surface area contributed by atoms with E-state index in [0.717, 1.165) is 12.4 Å². The van der Waals surface area contributed by atoms with Crippen molar-refractivity contribution in [3.63, 3.8) is 0 Å². The Morgan fingerprint density at radius 2 is 2.10 bits per heavy atom. The Labute approximate surface area is 112 Å². The molecule has 11 heteroatoms. The number of aliphatic hydroxyl groups is 1. The van der Waals surface area contributed by atoms with Gasteiger partial charge in [-0.1, -0.05) is 0 Å². The van der Waals surface area contributed by atoms with E-state index in [1.165, 1.54) is 9.40 Å². The molecule has 0 unspecified atom stereocenters. The fourth-order valence-electron chi connectivity index (χ4n) is 1.19. The van der Waals surface area contributed by atoms with Gasteiger partial charge in [-0.05, 0) is 6.42 Å². The summed E-state index contributed by atoms with van der Waals surface area (Å²) < 4.78 is 74.9. The van der Waals surface area contributed by atoms with Crippen molar-refractivity contribution >= 4 is 10.0 Å². The highest BCUT2D eigenvalue weighted by molar-refractivity contribution is 7.89. The number of halogens is 4. The van der Waals surface area contributed by atoms with Gasteiger partial charge in [-0.3, -0.25) is 4.68 Å². The molecule has 1 aromatic heterocycles.